The highest BCUT2D eigenvalue weighted by molar-refractivity contribution is 5.78. The van der Waals surface area contributed by atoms with Crippen LogP contribution in [0, 0.1) is 20.8 Å². The minimum atomic E-state index is -1.07. The Morgan fingerprint density at radius 1 is 1.32 bits per heavy atom. The molecule has 0 aliphatic carbocycles. The number of rotatable bonds is 6. The zero-order valence-corrected chi connectivity index (χ0v) is 12.3. The molecule has 0 fully saturated rings. The number of ether oxygens (including phenoxy) is 1. The van der Waals surface area contributed by atoms with Crippen LogP contribution in [-0.4, -0.2) is 29.8 Å². The van der Waals surface area contributed by atoms with E-state index in [1.807, 2.05) is 39.8 Å². The molecule has 0 spiro atoms. The van der Waals surface area contributed by atoms with Crippen molar-refractivity contribution in [2.75, 3.05) is 13.2 Å². The third-order valence-corrected chi connectivity index (χ3v) is 3.15. The first kappa shape index (κ1) is 15.5. The second kappa shape index (κ2) is 6.06. The Morgan fingerprint density at radius 3 is 2.26 bits per heavy atom. The fourth-order valence-electron chi connectivity index (χ4n) is 2.19. The Hall–Kier alpha value is -1.55. The topological polar surface area (TPSA) is 58.6 Å². The summed E-state index contributed by atoms with van der Waals surface area (Å²) in [6, 6.07) is 4.07. The maximum Gasteiger partial charge on any atom is 0.327 e. The lowest BCUT2D eigenvalue weighted by Gasteiger charge is -2.26. The number of hydrogen-bond donors (Lipinski definition) is 2. The van der Waals surface area contributed by atoms with Crippen LogP contribution in [0.4, 0.5) is 0 Å². The predicted molar refractivity (Wildman–Crippen MR) is 75.9 cm³/mol. The number of carboxylic acids is 1. The summed E-state index contributed by atoms with van der Waals surface area (Å²) < 4.78 is 5.76. The molecule has 0 saturated heterocycles. The lowest BCUT2D eigenvalue weighted by Crippen LogP contribution is -2.53. The molecule has 1 aromatic carbocycles. The van der Waals surface area contributed by atoms with Crippen LogP contribution >= 0.6 is 0 Å². The zero-order chi connectivity index (χ0) is 14.6. The summed E-state index contributed by atoms with van der Waals surface area (Å²) in [5.41, 5.74) is 2.16. The number of aliphatic carboxylic acids is 1. The highest BCUT2D eigenvalue weighted by Gasteiger charge is 2.33. The van der Waals surface area contributed by atoms with Gasteiger partial charge < -0.3 is 9.84 Å². The first-order valence-corrected chi connectivity index (χ1v) is 6.49. The van der Waals surface area contributed by atoms with Crippen molar-refractivity contribution in [2.24, 2.45) is 0 Å². The summed E-state index contributed by atoms with van der Waals surface area (Å²) in [5, 5.41) is 12.2. The van der Waals surface area contributed by atoms with Gasteiger partial charge in [0.2, 0.25) is 0 Å². The average molecular weight is 265 g/mol. The van der Waals surface area contributed by atoms with E-state index in [0.717, 1.165) is 16.9 Å². The van der Waals surface area contributed by atoms with Gasteiger partial charge in [-0.25, -0.2) is 0 Å². The Labute approximate surface area is 114 Å². The van der Waals surface area contributed by atoms with Crippen LogP contribution < -0.4 is 10.1 Å². The van der Waals surface area contributed by atoms with Crippen LogP contribution in [0.15, 0.2) is 12.1 Å². The molecule has 0 aromatic heterocycles. The number of carboxylic acid groups (broad SMARTS) is 1. The summed E-state index contributed by atoms with van der Waals surface area (Å²) >= 11 is 0. The number of aryl methyl sites for hydroxylation is 3. The van der Waals surface area contributed by atoms with Crippen molar-refractivity contribution < 1.29 is 14.6 Å². The number of nitrogens with one attached hydrogen (secondary N) is 1. The average Bonchev–Trinajstić information content (AvgIpc) is 2.27. The Bertz CT molecular complexity index is 447. The van der Waals surface area contributed by atoms with E-state index < -0.39 is 11.5 Å². The lowest BCUT2D eigenvalue weighted by molar-refractivity contribution is -0.145. The van der Waals surface area contributed by atoms with E-state index in [0.29, 0.717) is 6.54 Å². The molecule has 0 saturated carbocycles. The fraction of sp³-hybridized carbons (Fsp3) is 0.533. The molecular weight excluding hydrogens is 242 g/mol. The van der Waals surface area contributed by atoms with Crippen molar-refractivity contribution in [3.05, 3.63) is 28.8 Å². The van der Waals surface area contributed by atoms with Gasteiger partial charge in [0.25, 0.3) is 0 Å². The Kier molecular flexibility index (Phi) is 4.95. The van der Waals surface area contributed by atoms with Crippen LogP contribution in [-0.2, 0) is 4.79 Å². The van der Waals surface area contributed by atoms with Gasteiger partial charge in [-0.2, -0.15) is 0 Å². The molecule has 106 valence electrons. The molecule has 0 aliphatic heterocycles. The molecule has 1 atom stereocenters. The molecule has 1 unspecified atom stereocenters. The number of hydrogen-bond acceptors (Lipinski definition) is 3. The van der Waals surface area contributed by atoms with E-state index in [9.17, 15) is 9.90 Å². The van der Waals surface area contributed by atoms with Gasteiger partial charge in [0, 0.05) is 0 Å². The van der Waals surface area contributed by atoms with Crippen LogP contribution in [0.2, 0.25) is 0 Å². The van der Waals surface area contributed by atoms with Gasteiger partial charge in [0.1, 0.15) is 17.9 Å². The summed E-state index contributed by atoms with van der Waals surface area (Å²) in [5.74, 6) is -0.132. The van der Waals surface area contributed by atoms with E-state index in [4.69, 9.17) is 4.74 Å². The van der Waals surface area contributed by atoms with Gasteiger partial charge in [-0.15, -0.1) is 0 Å². The normalized spacial score (nSPS) is 13.9. The fourth-order valence-corrected chi connectivity index (χ4v) is 2.19. The number of benzene rings is 1. The van der Waals surface area contributed by atoms with Crippen molar-refractivity contribution >= 4 is 5.97 Å². The molecule has 0 bridgehead atoms. The third kappa shape index (κ3) is 3.70. The van der Waals surface area contributed by atoms with Crippen molar-refractivity contribution in [2.45, 2.75) is 40.2 Å². The Balaban J connectivity index is 2.89. The summed E-state index contributed by atoms with van der Waals surface area (Å²) in [7, 11) is 0. The van der Waals surface area contributed by atoms with E-state index in [2.05, 4.69) is 5.32 Å². The standard InChI is InChI=1S/C15H23NO3/c1-6-16-15(5,14(17)18)9-19-13-11(3)7-10(2)8-12(13)4/h7-8,16H,6,9H2,1-5H3,(H,17,18). The minimum Gasteiger partial charge on any atom is -0.490 e. The maximum atomic E-state index is 11.3. The Morgan fingerprint density at radius 2 is 1.84 bits per heavy atom. The van der Waals surface area contributed by atoms with Crippen LogP contribution in [0.25, 0.3) is 0 Å². The summed E-state index contributed by atoms with van der Waals surface area (Å²) in [6.07, 6.45) is 0. The second-order valence-electron chi connectivity index (χ2n) is 5.18. The van der Waals surface area contributed by atoms with Crippen LogP contribution in [0.3, 0.4) is 0 Å². The molecular formula is C15H23NO3. The van der Waals surface area contributed by atoms with Gasteiger partial charge >= 0.3 is 5.97 Å². The molecule has 19 heavy (non-hydrogen) atoms. The molecule has 0 aliphatic rings. The van der Waals surface area contributed by atoms with Crippen molar-refractivity contribution in [3.8, 4) is 5.75 Å². The molecule has 4 heteroatoms. The molecule has 0 heterocycles. The SMILES string of the molecule is CCNC(C)(COc1c(C)cc(C)cc1C)C(=O)O. The molecule has 0 amide bonds. The third-order valence-electron chi connectivity index (χ3n) is 3.15. The number of carbonyl (C=O) groups is 1. The van der Waals surface area contributed by atoms with Crippen molar-refractivity contribution in [1.29, 1.82) is 0 Å². The second-order valence-corrected chi connectivity index (χ2v) is 5.18. The zero-order valence-electron chi connectivity index (χ0n) is 12.3. The predicted octanol–water partition coefficient (Wildman–Crippen LogP) is 2.44. The van der Waals surface area contributed by atoms with Crippen molar-refractivity contribution in [3.63, 3.8) is 0 Å². The van der Waals surface area contributed by atoms with E-state index in [-0.39, 0.29) is 6.61 Å². The monoisotopic (exact) mass is 265 g/mol. The molecule has 1 rings (SSSR count). The lowest BCUT2D eigenvalue weighted by atomic mass is 10.0. The van der Waals surface area contributed by atoms with Gasteiger partial charge in [-0.05, 0) is 45.4 Å². The molecule has 4 nitrogen and oxygen atoms in total. The van der Waals surface area contributed by atoms with E-state index in [1.54, 1.807) is 6.92 Å². The highest BCUT2D eigenvalue weighted by atomic mass is 16.5. The molecule has 1 aromatic rings. The van der Waals surface area contributed by atoms with Gasteiger partial charge in [-0.1, -0.05) is 24.6 Å². The van der Waals surface area contributed by atoms with Crippen LogP contribution in [0.1, 0.15) is 30.5 Å². The summed E-state index contributed by atoms with van der Waals surface area (Å²) in [6.45, 7) is 10.2. The van der Waals surface area contributed by atoms with E-state index >= 15 is 0 Å². The smallest absolute Gasteiger partial charge is 0.327 e. The van der Waals surface area contributed by atoms with Crippen LogP contribution in [0.5, 0.6) is 5.75 Å². The first-order valence-electron chi connectivity index (χ1n) is 6.49. The first-order chi connectivity index (χ1) is 8.80. The summed E-state index contributed by atoms with van der Waals surface area (Å²) in [4.78, 5) is 11.3. The number of likely N-dealkylation sites (N-methyl/N-ethyl adjacent to an activating group) is 1. The molecule has 2 N–H and O–H groups in total. The quantitative estimate of drug-likeness (QED) is 0.829. The van der Waals surface area contributed by atoms with Gasteiger partial charge in [-0.3, -0.25) is 10.1 Å². The van der Waals surface area contributed by atoms with Gasteiger partial charge in [0.15, 0.2) is 0 Å². The minimum absolute atomic E-state index is 0.0981. The largest absolute Gasteiger partial charge is 0.490 e. The van der Waals surface area contributed by atoms with Gasteiger partial charge in [0.05, 0.1) is 0 Å². The van der Waals surface area contributed by atoms with Crippen molar-refractivity contribution in [1.82, 2.24) is 5.32 Å². The highest BCUT2D eigenvalue weighted by Crippen LogP contribution is 2.25. The van der Waals surface area contributed by atoms with E-state index in [1.165, 1.54) is 5.56 Å². The maximum absolute atomic E-state index is 11.3. The molecule has 0 radical (unpaired) electrons.